The number of carbonyl (C=O) groups is 2. The van der Waals surface area contributed by atoms with Gasteiger partial charge < -0.3 is 29.9 Å². The second-order valence-corrected chi connectivity index (χ2v) is 4.12. The van der Waals surface area contributed by atoms with E-state index in [1.165, 1.54) is 13.8 Å². The average molecular weight is 294 g/mol. The predicted molar refractivity (Wildman–Crippen MR) is 66.5 cm³/mol. The summed E-state index contributed by atoms with van der Waals surface area (Å²) in [4.78, 5) is 22.6. The first-order chi connectivity index (χ1) is 9.40. The van der Waals surface area contributed by atoms with E-state index < -0.39 is 49.6 Å². The molecule has 0 saturated carbocycles. The van der Waals surface area contributed by atoms with Gasteiger partial charge in [-0.1, -0.05) is 13.8 Å². The first-order valence-corrected chi connectivity index (χ1v) is 6.37. The number of aliphatic hydroxyl groups is 4. The zero-order valence-corrected chi connectivity index (χ0v) is 11.6. The Kier molecular flexibility index (Phi) is 9.06. The third kappa shape index (κ3) is 5.83. The summed E-state index contributed by atoms with van der Waals surface area (Å²) in [7, 11) is 0. The van der Waals surface area contributed by atoms with Crippen molar-refractivity contribution in [2.45, 2.75) is 51.1 Å². The molecule has 0 unspecified atom stereocenters. The highest BCUT2D eigenvalue weighted by Gasteiger charge is 2.38. The molecule has 0 aliphatic heterocycles. The molecular weight excluding hydrogens is 272 g/mol. The third-order valence-corrected chi connectivity index (χ3v) is 2.57. The first kappa shape index (κ1) is 18.8. The fraction of sp³-hybridized carbons (Fsp3) is 0.833. The highest BCUT2D eigenvalue weighted by Crippen LogP contribution is 2.15. The standard InChI is InChI=1S/C12H22O8/c1-3-9(17)19-11(7(15)5-13)12(8(16)6-14)20-10(18)4-2/h7-8,11-16H,3-6H2,1-2H3/t7-,8+,11-,12-/m1/s1. The highest BCUT2D eigenvalue weighted by atomic mass is 16.6. The smallest absolute Gasteiger partial charge is 0.306 e. The van der Waals surface area contributed by atoms with Crippen molar-refractivity contribution in [2.24, 2.45) is 0 Å². The Morgan fingerprint density at radius 1 is 0.850 bits per heavy atom. The van der Waals surface area contributed by atoms with Gasteiger partial charge in [0, 0.05) is 12.8 Å². The summed E-state index contributed by atoms with van der Waals surface area (Å²) in [5.41, 5.74) is 0. The van der Waals surface area contributed by atoms with Gasteiger partial charge in [0.25, 0.3) is 0 Å². The van der Waals surface area contributed by atoms with E-state index in [1.54, 1.807) is 0 Å². The van der Waals surface area contributed by atoms with Crippen molar-refractivity contribution in [2.75, 3.05) is 13.2 Å². The van der Waals surface area contributed by atoms with Crippen LogP contribution in [0.2, 0.25) is 0 Å². The summed E-state index contributed by atoms with van der Waals surface area (Å²) in [5.74, 6) is -1.41. The number of carbonyl (C=O) groups excluding carboxylic acids is 2. The largest absolute Gasteiger partial charge is 0.455 e. The molecule has 0 aromatic heterocycles. The van der Waals surface area contributed by atoms with Gasteiger partial charge in [0.2, 0.25) is 0 Å². The molecule has 0 radical (unpaired) electrons. The highest BCUT2D eigenvalue weighted by molar-refractivity contribution is 5.70. The molecule has 20 heavy (non-hydrogen) atoms. The average Bonchev–Trinajstić information content (AvgIpc) is 2.48. The number of aliphatic hydroxyl groups excluding tert-OH is 4. The monoisotopic (exact) mass is 294 g/mol. The maximum Gasteiger partial charge on any atom is 0.306 e. The molecule has 0 aliphatic rings. The first-order valence-electron chi connectivity index (χ1n) is 6.37. The Morgan fingerprint density at radius 3 is 1.35 bits per heavy atom. The van der Waals surface area contributed by atoms with Crippen LogP contribution in [-0.2, 0) is 19.1 Å². The fourth-order valence-corrected chi connectivity index (χ4v) is 1.41. The van der Waals surface area contributed by atoms with Gasteiger partial charge in [-0.3, -0.25) is 9.59 Å². The molecule has 0 aliphatic carbocycles. The topological polar surface area (TPSA) is 134 Å². The minimum atomic E-state index is -1.55. The van der Waals surface area contributed by atoms with Gasteiger partial charge in [0.05, 0.1) is 13.2 Å². The Morgan fingerprint density at radius 2 is 1.15 bits per heavy atom. The van der Waals surface area contributed by atoms with Crippen molar-refractivity contribution < 1.29 is 39.5 Å². The molecule has 8 nitrogen and oxygen atoms in total. The Hall–Kier alpha value is -1.22. The van der Waals surface area contributed by atoms with Crippen LogP contribution in [0.5, 0.6) is 0 Å². The van der Waals surface area contributed by atoms with Gasteiger partial charge in [-0.15, -0.1) is 0 Å². The molecule has 0 fully saturated rings. The van der Waals surface area contributed by atoms with E-state index in [2.05, 4.69) is 0 Å². The van der Waals surface area contributed by atoms with Crippen LogP contribution in [0.3, 0.4) is 0 Å². The molecule has 0 rings (SSSR count). The third-order valence-electron chi connectivity index (χ3n) is 2.57. The Labute approximate surface area is 116 Å². The SMILES string of the molecule is CCC(=O)O[C@@H]([C@H](OC(=O)CC)[C@@H](O)CO)[C@H](O)CO. The lowest BCUT2D eigenvalue weighted by Gasteiger charge is -2.31. The zero-order valence-electron chi connectivity index (χ0n) is 11.6. The van der Waals surface area contributed by atoms with Gasteiger partial charge in [-0.05, 0) is 0 Å². The molecule has 4 atom stereocenters. The van der Waals surface area contributed by atoms with E-state index >= 15 is 0 Å². The molecular formula is C12H22O8. The second-order valence-electron chi connectivity index (χ2n) is 4.12. The van der Waals surface area contributed by atoms with Crippen LogP contribution in [-0.4, -0.2) is 70.0 Å². The summed E-state index contributed by atoms with van der Waals surface area (Å²) in [6.07, 6.45) is -6.05. The minimum Gasteiger partial charge on any atom is -0.455 e. The summed E-state index contributed by atoms with van der Waals surface area (Å²) in [6, 6.07) is 0. The lowest BCUT2D eigenvalue weighted by Crippen LogP contribution is -2.51. The van der Waals surface area contributed by atoms with Crippen LogP contribution < -0.4 is 0 Å². The Bertz CT molecular complexity index is 276. The van der Waals surface area contributed by atoms with Crippen molar-refractivity contribution in [3.63, 3.8) is 0 Å². The predicted octanol–water partition coefficient (Wildman–Crippen LogP) is -1.66. The number of hydrogen-bond acceptors (Lipinski definition) is 8. The van der Waals surface area contributed by atoms with E-state index in [4.69, 9.17) is 19.7 Å². The number of rotatable bonds is 9. The van der Waals surface area contributed by atoms with E-state index in [0.717, 1.165) is 0 Å². The van der Waals surface area contributed by atoms with E-state index in [-0.39, 0.29) is 12.8 Å². The van der Waals surface area contributed by atoms with Crippen molar-refractivity contribution in [3.8, 4) is 0 Å². The number of ether oxygens (including phenoxy) is 2. The summed E-state index contributed by atoms with van der Waals surface area (Å²) < 4.78 is 9.77. The van der Waals surface area contributed by atoms with Crippen molar-refractivity contribution in [1.82, 2.24) is 0 Å². The maximum atomic E-state index is 11.3. The van der Waals surface area contributed by atoms with Crippen LogP contribution in [0.15, 0.2) is 0 Å². The molecule has 0 bridgehead atoms. The van der Waals surface area contributed by atoms with Gasteiger partial charge in [0.15, 0.2) is 12.2 Å². The van der Waals surface area contributed by atoms with E-state index in [1.807, 2.05) is 0 Å². The van der Waals surface area contributed by atoms with Crippen molar-refractivity contribution in [3.05, 3.63) is 0 Å². The van der Waals surface area contributed by atoms with E-state index in [0.29, 0.717) is 0 Å². The lowest BCUT2D eigenvalue weighted by molar-refractivity contribution is -0.192. The number of esters is 2. The molecule has 118 valence electrons. The van der Waals surface area contributed by atoms with Crippen LogP contribution in [0.4, 0.5) is 0 Å². The molecule has 0 aromatic carbocycles. The van der Waals surface area contributed by atoms with Crippen molar-refractivity contribution in [1.29, 1.82) is 0 Å². The summed E-state index contributed by atoms with van der Waals surface area (Å²) in [5, 5.41) is 37.2. The zero-order chi connectivity index (χ0) is 15.7. The fourth-order valence-electron chi connectivity index (χ4n) is 1.41. The van der Waals surface area contributed by atoms with Gasteiger partial charge in [-0.25, -0.2) is 0 Å². The summed E-state index contributed by atoms with van der Waals surface area (Å²) in [6.45, 7) is 1.50. The second kappa shape index (κ2) is 9.65. The maximum absolute atomic E-state index is 11.3. The number of hydrogen-bond donors (Lipinski definition) is 4. The molecule has 8 heteroatoms. The minimum absolute atomic E-state index is 0.00167. The molecule has 0 spiro atoms. The quantitative estimate of drug-likeness (QED) is 0.371. The van der Waals surface area contributed by atoms with Crippen LogP contribution >= 0.6 is 0 Å². The van der Waals surface area contributed by atoms with Crippen molar-refractivity contribution >= 4 is 11.9 Å². The van der Waals surface area contributed by atoms with Gasteiger partial charge in [0.1, 0.15) is 12.2 Å². The molecule has 0 saturated heterocycles. The molecule has 0 amide bonds. The normalized spacial score (nSPS) is 16.9. The lowest BCUT2D eigenvalue weighted by atomic mass is 10.0. The van der Waals surface area contributed by atoms with Crippen LogP contribution in [0.1, 0.15) is 26.7 Å². The van der Waals surface area contributed by atoms with Crippen LogP contribution in [0.25, 0.3) is 0 Å². The van der Waals surface area contributed by atoms with Gasteiger partial charge in [-0.2, -0.15) is 0 Å². The molecule has 0 heterocycles. The van der Waals surface area contributed by atoms with Gasteiger partial charge >= 0.3 is 11.9 Å². The van der Waals surface area contributed by atoms with Crippen LogP contribution in [0, 0.1) is 0 Å². The molecule has 0 aromatic rings. The summed E-state index contributed by atoms with van der Waals surface area (Å²) >= 11 is 0. The Balaban J connectivity index is 5.15. The van der Waals surface area contributed by atoms with E-state index in [9.17, 15) is 19.8 Å². The molecule has 4 N–H and O–H groups in total.